The van der Waals surface area contributed by atoms with E-state index in [9.17, 15) is 10.0 Å². The zero-order valence-corrected chi connectivity index (χ0v) is 12.1. The molecule has 3 rings (SSSR count). The lowest BCUT2D eigenvalue weighted by Gasteiger charge is -2.47. The first kappa shape index (κ1) is 13.4. The van der Waals surface area contributed by atoms with Crippen LogP contribution in [0.25, 0.3) is 0 Å². The average Bonchev–Trinajstić information content (AvgIpc) is 2.60. The molecule has 19 heavy (non-hydrogen) atoms. The molecule has 4 heteroatoms. The van der Waals surface area contributed by atoms with Crippen LogP contribution in [0.4, 0.5) is 0 Å². The Bertz CT molecular complexity index is 386. The quantitative estimate of drug-likeness (QED) is 0.732. The lowest BCUT2D eigenvalue weighted by molar-refractivity contribution is -0.292. The number of hydrogen-bond acceptors (Lipinski definition) is 2. The summed E-state index contributed by atoms with van der Waals surface area (Å²) in [5.41, 5.74) is -1.38. The van der Waals surface area contributed by atoms with E-state index in [1.165, 1.54) is 11.5 Å². The van der Waals surface area contributed by atoms with E-state index < -0.39 is 11.2 Å². The van der Waals surface area contributed by atoms with Crippen molar-refractivity contribution in [1.29, 1.82) is 0 Å². The predicted octanol–water partition coefficient (Wildman–Crippen LogP) is 2.62. The number of carbonyl (C=O) groups is 1. The molecule has 2 saturated carbocycles. The first-order valence-electron chi connectivity index (χ1n) is 7.84. The first-order valence-corrected chi connectivity index (χ1v) is 7.84. The highest BCUT2D eigenvalue weighted by molar-refractivity contribution is 5.89. The molecular weight excluding hydrogens is 240 g/mol. The molecular formula is C15H25N2O2. The summed E-state index contributed by atoms with van der Waals surface area (Å²) >= 11 is 0. The smallest absolute Gasteiger partial charge is 0.244 e. The maximum absolute atomic E-state index is 13.1. The van der Waals surface area contributed by atoms with Gasteiger partial charge >= 0.3 is 0 Å². The zero-order valence-electron chi connectivity index (χ0n) is 12.1. The molecule has 0 aromatic rings. The third-order valence-electron chi connectivity index (χ3n) is 5.97. The second kappa shape index (κ2) is 4.45. The van der Waals surface area contributed by atoms with Crippen molar-refractivity contribution in [3.8, 4) is 0 Å². The normalized spacial score (nSPS) is 47.8. The molecule has 0 bridgehead atoms. The van der Waals surface area contributed by atoms with Crippen molar-refractivity contribution in [2.24, 2.45) is 11.8 Å². The van der Waals surface area contributed by atoms with Gasteiger partial charge in [0.2, 0.25) is 5.91 Å². The van der Waals surface area contributed by atoms with E-state index in [-0.39, 0.29) is 17.7 Å². The Morgan fingerprint density at radius 1 is 1.05 bits per heavy atom. The molecule has 4 unspecified atom stereocenters. The molecule has 0 aromatic heterocycles. The standard InChI is InChI=1S/C15H25N2O2/c1-11-7-3-5-9-14(11)13(18)16-15(17(14)19)10-6-4-8-12(15)2/h11-12H,3-10H2,1-2H3,(H,16,18). The molecule has 3 aliphatic rings. The molecule has 1 saturated heterocycles. The van der Waals surface area contributed by atoms with Crippen molar-refractivity contribution >= 4 is 5.91 Å². The molecule has 1 aliphatic heterocycles. The van der Waals surface area contributed by atoms with E-state index in [1.54, 1.807) is 0 Å². The minimum atomic E-state index is -0.774. The number of nitrogens with one attached hydrogen (secondary N) is 1. The molecule has 3 fully saturated rings. The fourth-order valence-electron chi connectivity index (χ4n) is 4.59. The highest BCUT2D eigenvalue weighted by Gasteiger charge is 2.65. The molecule has 107 valence electrons. The van der Waals surface area contributed by atoms with Gasteiger partial charge in [-0.3, -0.25) is 4.79 Å². The lowest BCUT2D eigenvalue weighted by atomic mass is 9.72. The van der Waals surface area contributed by atoms with E-state index in [0.29, 0.717) is 0 Å². The van der Waals surface area contributed by atoms with E-state index in [0.717, 1.165) is 44.9 Å². The fraction of sp³-hybridized carbons (Fsp3) is 0.933. The van der Waals surface area contributed by atoms with Crippen LogP contribution >= 0.6 is 0 Å². The van der Waals surface area contributed by atoms with Crippen molar-refractivity contribution in [2.75, 3.05) is 0 Å². The van der Waals surface area contributed by atoms with E-state index >= 15 is 0 Å². The van der Waals surface area contributed by atoms with Gasteiger partial charge in [0.1, 0.15) is 11.2 Å². The fourth-order valence-corrected chi connectivity index (χ4v) is 4.59. The molecule has 4 nitrogen and oxygen atoms in total. The SMILES string of the molecule is CC1CCCCC12NC(=O)C1(CCCCC1C)N2[O]. The average molecular weight is 265 g/mol. The Hall–Kier alpha value is -0.610. The number of rotatable bonds is 0. The van der Waals surface area contributed by atoms with Crippen LogP contribution in [0.1, 0.15) is 65.2 Å². The second-order valence-electron chi connectivity index (χ2n) is 6.89. The Kier molecular flexibility index (Phi) is 3.13. The van der Waals surface area contributed by atoms with Crippen molar-refractivity contribution in [3.05, 3.63) is 0 Å². The van der Waals surface area contributed by atoms with Crippen LogP contribution in [0, 0.1) is 11.8 Å². The van der Waals surface area contributed by atoms with Gasteiger partial charge in [0, 0.05) is 0 Å². The Balaban J connectivity index is 1.98. The maximum atomic E-state index is 13.1. The summed E-state index contributed by atoms with van der Waals surface area (Å²) in [6, 6.07) is 0. The summed E-state index contributed by atoms with van der Waals surface area (Å²) in [5, 5.41) is 17.5. The van der Waals surface area contributed by atoms with Crippen LogP contribution in [0.3, 0.4) is 0 Å². The minimum absolute atomic E-state index is 0.00319. The largest absolute Gasteiger partial charge is 0.334 e. The molecule has 2 aliphatic carbocycles. The summed E-state index contributed by atoms with van der Waals surface area (Å²) in [6.07, 6.45) is 7.96. The molecule has 4 atom stereocenters. The molecule has 1 amide bonds. The van der Waals surface area contributed by atoms with Gasteiger partial charge in [0.25, 0.3) is 0 Å². The van der Waals surface area contributed by atoms with Gasteiger partial charge in [-0.05, 0) is 43.9 Å². The predicted molar refractivity (Wildman–Crippen MR) is 71.4 cm³/mol. The Morgan fingerprint density at radius 2 is 1.68 bits per heavy atom. The molecule has 1 heterocycles. The number of amides is 1. The third kappa shape index (κ3) is 1.62. The van der Waals surface area contributed by atoms with Gasteiger partial charge in [-0.2, -0.15) is 0 Å². The van der Waals surface area contributed by atoms with Crippen LogP contribution in [-0.2, 0) is 10.0 Å². The van der Waals surface area contributed by atoms with Gasteiger partial charge < -0.3 is 5.32 Å². The Labute approximate surface area is 115 Å². The summed E-state index contributed by atoms with van der Waals surface area (Å²) in [4.78, 5) is 12.6. The van der Waals surface area contributed by atoms with Crippen LogP contribution in [0.5, 0.6) is 0 Å². The molecule has 0 aromatic carbocycles. The molecule has 2 spiro atoms. The summed E-state index contributed by atoms with van der Waals surface area (Å²) in [5.74, 6) is 0.437. The number of hydroxylamine groups is 2. The number of hydrogen-bond donors (Lipinski definition) is 1. The van der Waals surface area contributed by atoms with Crippen LogP contribution in [-0.4, -0.2) is 22.2 Å². The van der Waals surface area contributed by atoms with Crippen molar-refractivity contribution in [3.63, 3.8) is 0 Å². The van der Waals surface area contributed by atoms with Gasteiger partial charge in [0.15, 0.2) is 0 Å². The van der Waals surface area contributed by atoms with Crippen LogP contribution < -0.4 is 5.32 Å². The van der Waals surface area contributed by atoms with Crippen molar-refractivity contribution < 1.29 is 10.0 Å². The van der Waals surface area contributed by atoms with Crippen molar-refractivity contribution in [2.45, 2.75) is 76.4 Å². The topological polar surface area (TPSA) is 52.2 Å². The minimum Gasteiger partial charge on any atom is -0.334 e. The number of nitrogens with zero attached hydrogens (tertiary/aromatic N) is 1. The molecule has 1 radical (unpaired) electrons. The maximum Gasteiger partial charge on any atom is 0.244 e. The van der Waals surface area contributed by atoms with E-state index in [4.69, 9.17) is 0 Å². The van der Waals surface area contributed by atoms with Crippen LogP contribution in [0.2, 0.25) is 0 Å². The molecule has 1 N–H and O–H groups in total. The van der Waals surface area contributed by atoms with Crippen LogP contribution in [0.15, 0.2) is 0 Å². The third-order valence-corrected chi connectivity index (χ3v) is 5.97. The van der Waals surface area contributed by atoms with Gasteiger partial charge in [-0.15, -0.1) is 10.3 Å². The first-order chi connectivity index (χ1) is 9.04. The summed E-state index contributed by atoms with van der Waals surface area (Å²) in [6.45, 7) is 4.20. The van der Waals surface area contributed by atoms with Crippen molar-refractivity contribution in [1.82, 2.24) is 10.4 Å². The zero-order chi connectivity index (χ0) is 13.7. The highest BCUT2D eigenvalue weighted by atomic mass is 16.5. The Morgan fingerprint density at radius 3 is 2.32 bits per heavy atom. The lowest BCUT2D eigenvalue weighted by Crippen LogP contribution is -2.61. The highest BCUT2D eigenvalue weighted by Crippen LogP contribution is 2.50. The monoisotopic (exact) mass is 265 g/mol. The second-order valence-corrected chi connectivity index (χ2v) is 6.89. The van der Waals surface area contributed by atoms with Gasteiger partial charge in [0.05, 0.1) is 0 Å². The number of carbonyl (C=O) groups excluding carboxylic acids is 1. The van der Waals surface area contributed by atoms with E-state index in [2.05, 4.69) is 19.2 Å². The van der Waals surface area contributed by atoms with Gasteiger partial charge in [-0.25, -0.2) is 0 Å². The summed E-state index contributed by atoms with van der Waals surface area (Å²) < 4.78 is 0. The summed E-state index contributed by atoms with van der Waals surface area (Å²) in [7, 11) is 0. The van der Waals surface area contributed by atoms with Gasteiger partial charge in [-0.1, -0.05) is 33.1 Å². The van der Waals surface area contributed by atoms with E-state index in [1.807, 2.05) is 0 Å².